The SMILES string of the molecule is C[C@H](O)C(=O)NCc1cn(C)nn1. The molecule has 1 rings (SSSR count). The number of hydrogen-bond acceptors (Lipinski definition) is 4. The summed E-state index contributed by atoms with van der Waals surface area (Å²) in [5.41, 5.74) is 0.663. The fraction of sp³-hybridized carbons (Fsp3) is 0.571. The van der Waals surface area contributed by atoms with E-state index in [9.17, 15) is 4.79 Å². The summed E-state index contributed by atoms with van der Waals surface area (Å²) >= 11 is 0. The van der Waals surface area contributed by atoms with Crippen molar-refractivity contribution >= 4 is 5.91 Å². The number of aliphatic hydroxyl groups excluding tert-OH is 1. The molecule has 1 aromatic rings. The van der Waals surface area contributed by atoms with Crippen molar-refractivity contribution in [2.45, 2.75) is 19.6 Å². The van der Waals surface area contributed by atoms with E-state index >= 15 is 0 Å². The molecule has 13 heavy (non-hydrogen) atoms. The first-order chi connectivity index (χ1) is 6.09. The second-order valence-electron chi connectivity index (χ2n) is 2.78. The normalized spacial score (nSPS) is 12.5. The zero-order chi connectivity index (χ0) is 9.84. The second-order valence-corrected chi connectivity index (χ2v) is 2.78. The fourth-order valence-corrected chi connectivity index (χ4v) is 0.802. The number of nitrogens with one attached hydrogen (secondary N) is 1. The van der Waals surface area contributed by atoms with Crippen LogP contribution in [0.25, 0.3) is 0 Å². The van der Waals surface area contributed by atoms with Gasteiger partial charge in [-0.15, -0.1) is 5.10 Å². The summed E-state index contributed by atoms with van der Waals surface area (Å²) < 4.78 is 1.55. The predicted molar refractivity (Wildman–Crippen MR) is 44.5 cm³/mol. The van der Waals surface area contributed by atoms with E-state index in [1.807, 2.05) is 0 Å². The van der Waals surface area contributed by atoms with Crippen molar-refractivity contribution in [1.82, 2.24) is 20.3 Å². The highest BCUT2D eigenvalue weighted by molar-refractivity contribution is 5.79. The molecule has 1 amide bonds. The fourth-order valence-electron chi connectivity index (χ4n) is 0.802. The van der Waals surface area contributed by atoms with Crippen LogP contribution in [0.1, 0.15) is 12.6 Å². The molecule has 72 valence electrons. The van der Waals surface area contributed by atoms with Crippen molar-refractivity contribution in [3.05, 3.63) is 11.9 Å². The lowest BCUT2D eigenvalue weighted by Crippen LogP contribution is -2.32. The number of amides is 1. The monoisotopic (exact) mass is 184 g/mol. The van der Waals surface area contributed by atoms with Gasteiger partial charge in [0, 0.05) is 13.2 Å². The van der Waals surface area contributed by atoms with Gasteiger partial charge in [-0.3, -0.25) is 9.48 Å². The minimum Gasteiger partial charge on any atom is -0.384 e. The van der Waals surface area contributed by atoms with Crippen LogP contribution >= 0.6 is 0 Å². The molecular weight excluding hydrogens is 172 g/mol. The molecule has 0 aliphatic heterocycles. The zero-order valence-corrected chi connectivity index (χ0v) is 7.56. The molecule has 6 nitrogen and oxygen atoms in total. The van der Waals surface area contributed by atoms with Gasteiger partial charge in [0.05, 0.1) is 6.54 Å². The van der Waals surface area contributed by atoms with Gasteiger partial charge in [0.25, 0.3) is 0 Å². The Morgan fingerprint density at radius 3 is 3.00 bits per heavy atom. The molecule has 0 bridgehead atoms. The third-order valence-electron chi connectivity index (χ3n) is 1.47. The third kappa shape index (κ3) is 2.83. The van der Waals surface area contributed by atoms with Crippen LogP contribution in [0.3, 0.4) is 0 Å². The molecule has 1 aromatic heterocycles. The van der Waals surface area contributed by atoms with Crippen molar-refractivity contribution < 1.29 is 9.90 Å². The molecule has 0 aromatic carbocycles. The van der Waals surface area contributed by atoms with Gasteiger partial charge in [-0.2, -0.15) is 0 Å². The summed E-state index contributed by atoms with van der Waals surface area (Å²) in [5, 5.41) is 18.8. The van der Waals surface area contributed by atoms with Gasteiger partial charge < -0.3 is 10.4 Å². The number of aryl methyl sites for hydroxylation is 1. The largest absolute Gasteiger partial charge is 0.384 e. The molecule has 1 heterocycles. The molecule has 0 aliphatic rings. The molecule has 2 N–H and O–H groups in total. The molecule has 0 radical (unpaired) electrons. The lowest BCUT2D eigenvalue weighted by Gasteiger charge is -2.03. The Morgan fingerprint density at radius 1 is 1.85 bits per heavy atom. The maximum absolute atomic E-state index is 10.9. The summed E-state index contributed by atoms with van der Waals surface area (Å²) in [6, 6.07) is 0. The minimum atomic E-state index is -0.989. The van der Waals surface area contributed by atoms with E-state index in [-0.39, 0.29) is 6.54 Å². The molecule has 6 heteroatoms. The van der Waals surface area contributed by atoms with Crippen LogP contribution < -0.4 is 5.32 Å². The first-order valence-corrected chi connectivity index (χ1v) is 3.90. The standard InChI is InChI=1S/C7H12N4O2/c1-5(12)7(13)8-3-6-4-11(2)10-9-6/h4-5,12H,3H2,1-2H3,(H,8,13)/t5-/m0/s1. The van der Waals surface area contributed by atoms with Crippen LogP contribution in [0.5, 0.6) is 0 Å². The maximum atomic E-state index is 10.9. The molecular formula is C7H12N4O2. The molecule has 0 unspecified atom stereocenters. The number of nitrogens with zero attached hydrogens (tertiary/aromatic N) is 3. The number of rotatable bonds is 3. The van der Waals surface area contributed by atoms with E-state index in [0.717, 1.165) is 0 Å². The van der Waals surface area contributed by atoms with Crippen LogP contribution in [0, 0.1) is 0 Å². The Labute approximate surface area is 75.6 Å². The smallest absolute Gasteiger partial charge is 0.248 e. The maximum Gasteiger partial charge on any atom is 0.248 e. The van der Waals surface area contributed by atoms with Crippen molar-refractivity contribution in [3.63, 3.8) is 0 Å². The minimum absolute atomic E-state index is 0.289. The average molecular weight is 184 g/mol. The number of hydrogen-bond donors (Lipinski definition) is 2. The highest BCUT2D eigenvalue weighted by Gasteiger charge is 2.08. The number of aromatic nitrogens is 3. The number of carbonyl (C=O) groups excluding carboxylic acids is 1. The van der Waals surface area contributed by atoms with Crippen LogP contribution in [0.2, 0.25) is 0 Å². The molecule has 0 fully saturated rings. The van der Waals surface area contributed by atoms with Crippen LogP contribution in [-0.2, 0) is 18.4 Å². The Balaban J connectivity index is 2.39. The Bertz CT molecular complexity index is 294. The van der Waals surface area contributed by atoms with Crippen molar-refractivity contribution in [2.75, 3.05) is 0 Å². The van der Waals surface area contributed by atoms with E-state index in [0.29, 0.717) is 5.69 Å². The quantitative estimate of drug-likeness (QED) is 0.619. The summed E-state index contributed by atoms with van der Waals surface area (Å²) in [6.45, 7) is 1.70. The first kappa shape index (κ1) is 9.66. The molecule has 0 aliphatic carbocycles. The summed E-state index contributed by atoms with van der Waals surface area (Å²) in [7, 11) is 1.74. The van der Waals surface area contributed by atoms with E-state index in [4.69, 9.17) is 5.11 Å². The lowest BCUT2D eigenvalue weighted by atomic mass is 10.3. The first-order valence-electron chi connectivity index (χ1n) is 3.90. The summed E-state index contributed by atoms with van der Waals surface area (Å²) in [4.78, 5) is 10.9. The van der Waals surface area contributed by atoms with Gasteiger partial charge in [-0.05, 0) is 6.92 Å². The highest BCUT2D eigenvalue weighted by atomic mass is 16.3. The van der Waals surface area contributed by atoms with Crippen LogP contribution in [-0.4, -0.2) is 32.1 Å². The molecule has 0 saturated heterocycles. The van der Waals surface area contributed by atoms with Gasteiger partial charge in [0.15, 0.2) is 0 Å². The van der Waals surface area contributed by atoms with Gasteiger partial charge in [-0.1, -0.05) is 5.21 Å². The van der Waals surface area contributed by atoms with E-state index in [2.05, 4.69) is 15.6 Å². The second kappa shape index (κ2) is 3.99. The summed E-state index contributed by atoms with van der Waals surface area (Å²) in [5.74, 6) is -0.411. The predicted octanol–water partition coefficient (Wildman–Crippen LogP) is -1.19. The van der Waals surface area contributed by atoms with Crippen LogP contribution in [0.4, 0.5) is 0 Å². The summed E-state index contributed by atoms with van der Waals surface area (Å²) in [6.07, 6.45) is 0.708. The van der Waals surface area contributed by atoms with Gasteiger partial charge in [-0.25, -0.2) is 0 Å². The number of carbonyl (C=O) groups is 1. The third-order valence-corrected chi connectivity index (χ3v) is 1.47. The highest BCUT2D eigenvalue weighted by Crippen LogP contribution is 1.90. The zero-order valence-electron chi connectivity index (χ0n) is 7.56. The van der Waals surface area contributed by atoms with Gasteiger partial charge in [0.2, 0.25) is 5.91 Å². The number of aliphatic hydroxyl groups is 1. The van der Waals surface area contributed by atoms with E-state index in [1.165, 1.54) is 6.92 Å². The Morgan fingerprint density at radius 2 is 2.54 bits per heavy atom. The molecule has 1 atom stereocenters. The van der Waals surface area contributed by atoms with Crippen molar-refractivity contribution in [1.29, 1.82) is 0 Å². The molecule has 0 spiro atoms. The Hall–Kier alpha value is -1.43. The van der Waals surface area contributed by atoms with E-state index in [1.54, 1.807) is 17.9 Å². The van der Waals surface area contributed by atoms with Crippen molar-refractivity contribution in [2.24, 2.45) is 7.05 Å². The van der Waals surface area contributed by atoms with Gasteiger partial charge in [0.1, 0.15) is 11.8 Å². The molecule has 0 saturated carbocycles. The van der Waals surface area contributed by atoms with E-state index < -0.39 is 12.0 Å². The lowest BCUT2D eigenvalue weighted by molar-refractivity contribution is -0.128. The Kier molecular flexibility index (Phi) is 2.97. The van der Waals surface area contributed by atoms with Crippen LogP contribution in [0.15, 0.2) is 6.20 Å². The van der Waals surface area contributed by atoms with Gasteiger partial charge >= 0.3 is 0 Å². The topological polar surface area (TPSA) is 80.0 Å². The van der Waals surface area contributed by atoms with Crippen molar-refractivity contribution in [3.8, 4) is 0 Å². The average Bonchev–Trinajstić information content (AvgIpc) is 2.47.